The van der Waals surface area contributed by atoms with Crippen LogP contribution in [0.1, 0.15) is 65.5 Å². The molecule has 174 valence electrons. The van der Waals surface area contributed by atoms with Gasteiger partial charge in [0.1, 0.15) is 10.8 Å². The molecule has 0 saturated heterocycles. The monoisotopic (exact) mass is 466 g/mol. The SMILES string of the molecule is CCOc1ccccc1NC(=O)c1c(NC(=O)c2ccco2)sc2c1CC[C@@H](C(C)(C)C)C2. The average Bonchev–Trinajstić information content (AvgIpc) is 3.42. The Balaban J connectivity index is 1.69. The predicted octanol–water partition coefficient (Wildman–Crippen LogP) is 6.40. The van der Waals surface area contributed by atoms with Crippen molar-refractivity contribution in [2.45, 2.75) is 47.0 Å². The molecule has 0 aliphatic heterocycles. The number of carbonyl (C=O) groups excluding carboxylic acids is 2. The molecule has 2 heterocycles. The zero-order valence-electron chi connectivity index (χ0n) is 19.5. The van der Waals surface area contributed by atoms with E-state index in [9.17, 15) is 9.59 Å². The molecule has 7 heteroatoms. The van der Waals surface area contributed by atoms with Gasteiger partial charge in [0.05, 0.1) is 24.1 Å². The van der Waals surface area contributed by atoms with Crippen molar-refractivity contribution < 1.29 is 18.7 Å². The average molecular weight is 467 g/mol. The van der Waals surface area contributed by atoms with Crippen LogP contribution in [0.25, 0.3) is 0 Å². The number of fused-ring (bicyclic) bond motifs is 1. The Hall–Kier alpha value is -3.06. The summed E-state index contributed by atoms with van der Waals surface area (Å²) in [6.45, 7) is 9.18. The van der Waals surface area contributed by atoms with Crippen molar-refractivity contribution in [3.63, 3.8) is 0 Å². The number of carbonyl (C=O) groups is 2. The van der Waals surface area contributed by atoms with Crippen molar-refractivity contribution in [3.05, 3.63) is 64.4 Å². The van der Waals surface area contributed by atoms with Crippen molar-refractivity contribution in [3.8, 4) is 5.75 Å². The lowest BCUT2D eigenvalue weighted by Gasteiger charge is -2.33. The van der Waals surface area contributed by atoms with Crippen molar-refractivity contribution in [2.75, 3.05) is 17.2 Å². The Morgan fingerprint density at radius 1 is 1.12 bits per heavy atom. The number of para-hydroxylation sites is 2. The zero-order valence-corrected chi connectivity index (χ0v) is 20.3. The second-order valence-electron chi connectivity index (χ2n) is 9.33. The van der Waals surface area contributed by atoms with Gasteiger partial charge in [-0.1, -0.05) is 32.9 Å². The van der Waals surface area contributed by atoms with Crippen molar-refractivity contribution in [1.29, 1.82) is 0 Å². The smallest absolute Gasteiger partial charge is 0.291 e. The molecule has 0 saturated carbocycles. The second-order valence-corrected chi connectivity index (χ2v) is 10.4. The van der Waals surface area contributed by atoms with Gasteiger partial charge in [-0.25, -0.2) is 0 Å². The summed E-state index contributed by atoms with van der Waals surface area (Å²) < 4.78 is 10.9. The number of thiophene rings is 1. The van der Waals surface area contributed by atoms with Gasteiger partial charge in [0.2, 0.25) is 0 Å². The molecule has 4 rings (SSSR count). The topological polar surface area (TPSA) is 80.6 Å². The highest BCUT2D eigenvalue weighted by atomic mass is 32.1. The fraction of sp³-hybridized carbons (Fsp3) is 0.385. The molecule has 2 aromatic heterocycles. The molecule has 33 heavy (non-hydrogen) atoms. The van der Waals surface area contributed by atoms with Crippen molar-refractivity contribution in [2.24, 2.45) is 11.3 Å². The summed E-state index contributed by atoms with van der Waals surface area (Å²) in [6.07, 6.45) is 4.17. The van der Waals surface area contributed by atoms with Crippen LogP contribution in [-0.4, -0.2) is 18.4 Å². The van der Waals surface area contributed by atoms with Crippen LogP contribution in [0.2, 0.25) is 0 Å². The third kappa shape index (κ3) is 4.98. The Bertz CT molecular complexity index is 1140. The fourth-order valence-electron chi connectivity index (χ4n) is 4.26. The van der Waals surface area contributed by atoms with Crippen LogP contribution >= 0.6 is 11.3 Å². The summed E-state index contributed by atoms with van der Waals surface area (Å²) >= 11 is 1.50. The Morgan fingerprint density at radius 2 is 1.91 bits per heavy atom. The molecule has 0 bridgehead atoms. The van der Waals surface area contributed by atoms with Crippen LogP contribution in [0, 0.1) is 11.3 Å². The van der Waals surface area contributed by atoms with Crippen LogP contribution < -0.4 is 15.4 Å². The maximum atomic E-state index is 13.5. The van der Waals surface area contributed by atoms with E-state index in [1.807, 2.05) is 31.2 Å². The minimum Gasteiger partial charge on any atom is -0.492 e. The molecule has 2 N–H and O–H groups in total. The van der Waals surface area contributed by atoms with Crippen LogP contribution in [0.5, 0.6) is 5.75 Å². The van der Waals surface area contributed by atoms with Crippen LogP contribution in [0.3, 0.4) is 0 Å². The van der Waals surface area contributed by atoms with E-state index in [0.717, 1.165) is 24.8 Å². The summed E-state index contributed by atoms with van der Waals surface area (Å²) in [6, 6.07) is 10.6. The van der Waals surface area contributed by atoms with E-state index in [-0.39, 0.29) is 23.0 Å². The summed E-state index contributed by atoms with van der Waals surface area (Å²) in [5.74, 6) is 0.735. The first kappa shape index (κ1) is 23.1. The lowest BCUT2D eigenvalue weighted by atomic mass is 9.72. The van der Waals surface area contributed by atoms with Crippen molar-refractivity contribution >= 4 is 33.8 Å². The predicted molar refractivity (Wildman–Crippen MR) is 132 cm³/mol. The molecular weight excluding hydrogens is 436 g/mol. The molecule has 1 atom stereocenters. The number of rotatable bonds is 6. The number of nitrogens with one attached hydrogen (secondary N) is 2. The standard InChI is InChI=1S/C26H30N2O4S/c1-5-31-19-10-7-6-9-18(19)27-24(30)22-17-13-12-16(26(2,3)4)15-21(17)33-25(22)28-23(29)20-11-8-14-32-20/h6-11,14,16H,5,12-13,15H2,1-4H3,(H,27,30)(H,28,29)/t16-/m1/s1. The molecule has 0 unspecified atom stereocenters. The van der Waals surface area contributed by atoms with Crippen LogP contribution in [0.15, 0.2) is 47.1 Å². The number of benzene rings is 1. The molecule has 0 spiro atoms. The highest BCUT2D eigenvalue weighted by Crippen LogP contribution is 2.44. The number of hydrogen-bond donors (Lipinski definition) is 2. The lowest BCUT2D eigenvalue weighted by Crippen LogP contribution is -2.27. The third-order valence-electron chi connectivity index (χ3n) is 6.12. The van der Waals surface area contributed by atoms with Gasteiger partial charge < -0.3 is 19.8 Å². The minimum atomic E-state index is -0.366. The van der Waals surface area contributed by atoms with Gasteiger partial charge >= 0.3 is 0 Å². The molecule has 0 fully saturated rings. The molecule has 6 nitrogen and oxygen atoms in total. The van der Waals surface area contributed by atoms with Gasteiger partial charge in [-0.05, 0) is 67.3 Å². The highest BCUT2D eigenvalue weighted by molar-refractivity contribution is 7.17. The number of anilines is 2. The zero-order chi connectivity index (χ0) is 23.6. The van der Waals surface area contributed by atoms with E-state index in [1.165, 1.54) is 22.5 Å². The van der Waals surface area contributed by atoms with Gasteiger partial charge in [0.15, 0.2) is 5.76 Å². The Labute approximate surface area is 198 Å². The molecule has 1 aliphatic rings. The molecule has 2 amide bonds. The molecule has 3 aromatic rings. The first-order chi connectivity index (χ1) is 15.8. The maximum Gasteiger partial charge on any atom is 0.291 e. The number of amides is 2. The normalized spacial score (nSPS) is 15.6. The van der Waals surface area contributed by atoms with E-state index in [1.54, 1.807) is 12.1 Å². The molecule has 0 radical (unpaired) electrons. The van der Waals surface area contributed by atoms with Crippen LogP contribution in [-0.2, 0) is 12.8 Å². The lowest BCUT2D eigenvalue weighted by molar-refractivity contribution is 0.0997. The Morgan fingerprint density at radius 3 is 2.61 bits per heavy atom. The summed E-state index contributed by atoms with van der Waals surface area (Å²) in [5.41, 5.74) is 2.35. The molecule has 1 aromatic carbocycles. The second kappa shape index (κ2) is 9.43. The van der Waals surface area contributed by atoms with Crippen molar-refractivity contribution in [1.82, 2.24) is 0 Å². The van der Waals surface area contributed by atoms with Gasteiger partial charge in [-0.2, -0.15) is 0 Å². The quantitative estimate of drug-likeness (QED) is 0.441. The largest absolute Gasteiger partial charge is 0.492 e. The number of ether oxygens (including phenoxy) is 1. The maximum absolute atomic E-state index is 13.5. The first-order valence-electron chi connectivity index (χ1n) is 11.3. The van der Waals surface area contributed by atoms with Gasteiger partial charge in [0, 0.05) is 4.88 Å². The van der Waals surface area contributed by atoms with E-state index < -0.39 is 0 Å². The van der Waals surface area contributed by atoms with E-state index in [2.05, 4.69) is 31.4 Å². The fourth-order valence-corrected chi connectivity index (χ4v) is 5.58. The third-order valence-corrected chi connectivity index (χ3v) is 7.29. The van der Waals surface area contributed by atoms with E-state index >= 15 is 0 Å². The number of furan rings is 1. The van der Waals surface area contributed by atoms with Gasteiger partial charge in [0.25, 0.3) is 11.8 Å². The van der Waals surface area contributed by atoms with Gasteiger partial charge in [-0.15, -0.1) is 11.3 Å². The molecule has 1 aliphatic carbocycles. The number of hydrogen-bond acceptors (Lipinski definition) is 5. The summed E-state index contributed by atoms with van der Waals surface area (Å²) in [4.78, 5) is 27.4. The van der Waals surface area contributed by atoms with Crippen LogP contribution in [0.4, 0.5) is 10.7 Å². The highest BCUT2D eigenvalue weighted by Gasteiger charge is 2.34. The van der Waals surface area contributed by atoms with E-state index in [4.69, 9.17) is 9.15 Å². The minimum absolute atomic E-state index is 0.179. The van der Waals surface area contributed by atoms with Gasteiger partial charge in [-0.3, -0.25) is 9.59 Å². The Kier molecular flexibility index (Phi) is 6.61. The van der Waals surface area contributed by atoms with E-state index in [0.29, 0.717) is 34.5 Å². The summed E-state index contributed by atoms with van der Waals surface area (Å²) in [5, 5.41) is 6.49. The summed E-state index contributed by atoms with van der Waals surface area (Å²) in [7, 11) is 0. The first-order valence-corrected chi connectivity index (χ1v) is 12.1. The molecular formula is C26H30N2O4S.